The summed E-state index contributed by atoms with van der Waals surface area (Å²) in [5.41, 5.74) is 0.550. The summed E-state index contributed by atoms with van der Waals surface area (Å²) < 4.78 is 28.0. The molecule has 20 heavy (non-hydrogen) atoms. The summed E-state index contributed by atoms with van der Waals surface area (Å²) in [6.07, 6.45) is 2.92. The second-order valence-electron chi connectivity index (χ2n) is 6.16. The minimum atomic E-state index is -3.45. The van der Waals surface area contributed by atoms with Crippen LogP contribution in [0.4, 0.5) is 0 Å². The van der Waals surface area contributed by atoms with Crippen LogP contribution in [-0.4, -0.2) is 20.0 Å². The van der Waals surface area contributed by atoms with Gasteiger partial charge in [-0.2, -0.15) is 0 Å². The van der Waals surface area contributed by atoms with Gasteiger partial charge in [-0.05, 0) is 37.8 Å². The lowest BCUT2D eigenvalue weighted by Crippen LogP contribution is -2.50. The van der Waals surface area contributed by atoms with Crippen LogP contribution in [0.15, 0.2) is 29.2 Å². The van der Waals surface area contributed by atoms with Gasteiger partial charge in [-0.1, -0.05) is 32.0 Å². The Hall–Kier alpha value is -0.910. The molecule has 5 heteroatoms. The van der Waals surface area contributed by atoms with Gasteiger partial charge in [0.15, 0.2) is 0 Å². The Bertz CT molecular complexity index is 563. The highest BCUT2D eigenvalue weighted by Crippen LogP contribution is 2.33. The SMILES string of the molecule is CC(C)NCc1ccccc1S(=O)(=O)NC1(C)CCC1. The minimum absolute atomic E-state index is 0.266. The summed E-state index contributed by atoms with van der Waals surface area (Å²) in [5.74, 6) is 0. The van der Waals surface area contributed by atoms with Gasteiger partial charge in [0.2, 0.25) is 10.0 Å². The average molecular weight is 296 g/mol. The van der Waals surface area contributed by atoms with E-state index in [4.69, 9.17) is 0 Å². The first-order valence-corrected chi connectivity index (χ1v) is 8.66. The van der Waals surface area contributed by atoms with Crippen LogP contribution < -0.4 is 10.0 Å². The van der Waals surface area contributed by atoms with Crippen molar-refractivity contribution in [2.45, 2.75) is 63.1 Å². The first-order chi connectivity index (χ1) is 9.32. The Morgan fingerprint density at radius 1 is 1.25 bits per heavy atom. The average Bonchev–Trinajstić information content (AvgIpc) is 2.34. The molecule has 0 bridgehead atoms. The highest BCUT2D eigenvalue weighted by Gasteiger charge is 2.36. The first kappa shape index (κ1) is 15.5. The van der Waals surface area contributed by atoms with Crippen LogP contribution in [-0.2, 0) is 16.6 Å². The van der Waals surface area contributed by atoms with E-state index >= 15 is 0 Å². The molecule has 112 valence electrons. The zero-order valence-corrected chi connectivity index (χ0v) is 13.3. The van der Waals surface area contributed by atoms with Gasteiger partial charge in [0, 0.05) is 18.1 Å². The third kappa shape index (κ3) is 3.59. The van der Waals surface area contributed by atoms with Crippen LogP contribution in [0.5, 0.6) is 0 Å². The predicted molar refractivity (Wildman–Crippen MR) is 81.0 cm³/mol. The second-order valence-corrected chi connectivity index (χ2v) is 7.81. The maximum Gasteiger partial charge on any atom is 0.241 e. The van der Waals surface area contributed by atoms with Crippen molar-refractivity contribution < 1.29 is 8.42 Å². The molecule has 4 nitrogen and oxygen atoms in total. The van der Waals surface area contributed by atoms with E-state index in [2.05, 4.69) is 10.0 Å². The van der Waals surface area contributed by atoms with Crippen molar-refractivity contribution >= 4 is 10.0 Å². The Kier molecular flexibility index (Phi) is 4.52. The van der Waals surface area contributed by atoms with Gasteiger partial charge >= 0.3 is 0 Å². The van der Waals surface area contributed by atoms with E-state index in [1.807, 2.05) is 32.9 Å². The Morgan fingerprint density at radius 2 is 1.90 bits per heavy atom. The number of benzene rings is 1. The molecule has 1 fully saturated rings. The van der Waals surface area contributed by atoms with Gasteiger partial charge in [0.25, 0.3) is 0 Å². The molecule has 1 saturated carbocycles. The highest BCUT2D eigenvalue weighted by atomic mass is 32.2. The standard InChI is InChI=1S/C15H24N2O2S/c1-12(2)16-11-13-7-4-5-8-14(13)20(18,19)17-15(3)9-6-10-15/h4-5,7-8,12,16-17H,6,9-11H2,1-3H3. The molecule has 1 aliphatic carbocycles. The van der Waals surface area contributed by atoms with Crippen molar-refractivity contribution in [2.75, 3.05) is 0 Å². The van der Waals surface area contributed by atoms with Crippen molar-refractivity contribution in [1.29, 1.82) is 0 Å². The number of hydrogen-bond acceptors (Lipinski definition) is 3. The van der Waals surface area contributed by atoms with E-state index in [0.29, 0.717) is 17.5 Å². The van der Waals surface area contributed by atoms with Crippen LogP contribution in [0, 0.1) is 0 Å². The molecule has 1 aromatic carbocycles. The molecule has 0 aromatic heterocycles. The molecule has 0 amide bonds. The monoisotopic (exact) mass is 296 g/mol. The fourth-order valence-electron chi connectivity index (χ4n) is 2.41. The fraction of sp³-hybridized carbons (Fsp3) is 0.600. The van der Waals surface area contributed by atoms with E-state index in [1.165, 1.54) is 0 Å². The van der Waals surface area contributed by atoms with Crippen LogP contribution in [0.25, 0.3) is 0 Å². The fourth-order valence-corrected chi connectivity index (χ4v) is 4.12. The molecule has 0 atom stereocenters. The second kappa shape index (κ2) is 5.84. The lowest BCUT2D eigenvalue weighted by molar-refractivity contribution is 0.248. The van der Waals surface area contributed by atoms with Gasteiger partial charge in [-0.3, -0.25) is 0 Å². The topological polar surface area (TPSA) is 58.2 Å². The van der Waals surface area contributed by atoms with E-state index < -0.39 is 10.0 Å². The Balaban J connectivity index is 2.22. The van der Waals surface area contributed by atoms with Gasteiger partial charge in [-0.15, -0.1) is 0 Å². The quantitative estimate of drug-likeness (QED) is 0.847. The summed E-state index contributed by atoms with van der Waals surface area (Å²) >= 11 is 0. The highest BCUT2D eigenvalue weighted by molar-refractivity contribution is 7.89. The van der Waals surface area contributed by atoms with Gasteiger partial charge in [0.05, 0.1) is 4.90 Å². The van der Waals surface area contributed by atoms with Crippen LogP contribution in [0.1, 0.15) is 45.6 Å². The van der Waals surface area contributed by atoms with Crippen molar-refractivity contribution in [1.82, 2.24) is 10.0 Å². The van der Waals surface area contributed by atoms with Gasteiger partial charge < -0.3 is 5.32 Å². The number of sulfonamides is 1. The Labute approximate surface area is 122 Å². The summed E-state index contributed by atoms with van der Waals surface area (Å²) in [6, 6.07) is 7.52. The van der Waals surface area contributed by atoms with Crippen molar-refractivity contribution in [3.8, 4) is 0 Å². The van der Waals surface area contributed by atoms with Crippen LogP contribution in [0.2, 0.25) is 0 Å². The molecule has 0 unspecified atom stereocenters. The molecule has 1 aliphatic rings. The molecule has 0 spiro atoms. The largest absolute Gasteiger partial charge is 0.310 e. The summed E-state index contributed by atoms with van der Waals surface area (Å²) in [6.45, 7) is 6.63. The van der Waals surface area contributed by atoms with Crippen molar-refractivity contribution in [3.63, 3.8) is 0 Å². The van der Waals surface area contributed by atoms with Gasteiger partial charge in [-0.25, -0.2) is 13.1 Å². The molecular weight excluding hydrogens is 272 g/mol. The van der Waals surface area contributed by atoms with E-state index in [1.54, 1.807) is 12.1 Å². The van der Waals surface area contributed by atoms with Crippen LogP contribution >= 0.6 is 0 Å². The normalized spacial score (nSPS) is 18.0. The maximum atomic E-state index is 12.6. The molecule has 0 radical (unpaired) electrons. The van der Waals surface area contributed by atoms with E-state index in [-0.39, 0.29) is 5.54 Å². The third-order valence-corrected chi connectivity index (χ3v) is 5.54. The van der Waals surface area contributed by atoms with E-state index in [0.717, 1.165) is 24.8 Å². The zero-order valence-electron chi connectivity index (χ0n) is 12.4. The minimum Gasteiger partial charge on any atom is -0.310 e. The summed E-state index contributed by atoms with van der Waals surface area (Å²) in [5, 5.41) is 3.27. The number of nitrogens with one attached hydrogen (secondary N) is 2. The lowest BCUT2D eigenvalue weighted by Gasteiger charge is -2.38. The lowest BCUT2D eigenvalue weighted by atomic mass is 9.80. The maximum absolute atomic E-state index is 12.6. The van der Waals surface area contributed by atoms with Crippen molar-refractivity contribution in [2.24, 2.45) is 0 Å². The number of hydrogen-bond donors (Lipinski definition) is 2. The zero-order chi connectivity index (χ0) is 14.8. The number of rotatable bonds is 6. The van der Waals surface area contributed by atoms with Crippen LogP contribution in [0.3, 0.4) is 0 Å². The molecule has 2 N–H and O–H groups in total. The Morgan fingerprint density at radius 3 is 2.45 bits per heavy atom. The molecular formula is C15H24N2O2S. The third-order valence-electron chi connectivity index (χ3n) is 3.80. The molecule has 1 aromatic rings. The summed E-state index contributed by atoms with van der Waals surface area (Å²) in [7, 11) is -3.45. The molecule has 0 saturated heterocycles. The predicted octanol–water partition coefficient (Wildman–Crippen LogP) is 2.41. The molecule has 0 heterocycles. The summed E-state index contributed by atoms with van der Waals surface area (Å²) in [4.78, 5) is 0.390. The molecule has 0 aliphatic heterocycles. The van der Waals surface area contributed by atoms with E-state index in [9.17, 15) is 8.42 Å². The smallest absolute Gasteiger partial charge is 0.241 e. The van der Waals surface area contributed by atoms with Crippen molar-refractivity contribution in [3.05, 3.63) is 29.8 Å². The molecule has 2 rings (SSSR count). The van der Waals surface area contributed by atoms with Gasteiger partial charge in [0.1, 0.15) is 0 Å². The first-order valence-electron chi connectivity index (χ1n) is 7.18.